The van der Waals surface area contributed by atoms with E-state index in [9.17, 15) is 4.79 Å². The quantitative estimate of drug-likeness (QED) is 0.900. The average molecular weight is 258 g/mol. The summed E-state index contributed by atoms with van der Waals surface area (Å²) < 4.78 is 5.49. The molecule has 1 fully saturated rings. The summed E-state index contributed by atoms with van der Waals surface area (Å²) in [5, 5.41) is 4.27. The molecule has 0 radical (unpaired) electrons. The first-order chi connectivity index (χ1) is 9.27. The maximum Gasteiger partial charge on any atom is 0.243 e. The van der Waals surface area contributed by atoms with Crippen molar-refractivity contribution in [1.82, 2.24) is 5.32 Å². The summed E-state index contributed by atoms with van der Waals surface area (Å²) in [7, 11) is 1.82. The highest BCUT2D eigenvalue weighted by Crippen LogP contribution is 2.28. The van der Waals surface area contributed by atoms with Crippen LogP contribution in [-0.2, 0) is 4.79 Å². The third-order valence-corrected chi connectivity index (χ3v) is 3.76. The van der Waals surface area contributed by atoms with Gasteiger partial charge in [0, 0.05) is 12.4 Å². The monoisotopic (exact) mass is 258 g/mol. The van der Waals surface area contributed by atoms with Crippen LogP contribution >= 0.6 is 0 Å². The number of hydrogen-bond acceptors (Lipinski definition) is 3. The molecule has 0 bridgehead atoms. The van der Waals surface area contributed by atoms with Crippen molar-refractivity contribution in [2.45, 2.75) is 25.3 Å². The Morgan fingerprint density at radius 1 is 1.37 bits per heavy atom. The van der Waals surface area contributed by atoms with Gasteiger partial charge in [-0.15, -0.1) is 0 Å². The van der Waals surface area contributed by atoms with Crippen LogP contribution in [0.3, 0.4) is 0 Å². The molecule has 1 aliphatic heterocycles. The lowest BCUT2D eigenvalue weighted by Crippen LogP contribution is -2.47. The number of anilines is 1. The molecule has 0 aliphatic carbocycles. The summed E-state index contributed by atoms with van der Waals surface area (Å²) >= 11 is 0. The molecule has 3 rings (SSSR count). The standard InChI is InChI=1S/C15H18N2O2/c1-17(15(18)12-7-4-5-9-16-12)13-10-19-14-8-3-2-6-11(13)14/h2-3,6,8,10,12,16H,4-5,7,9H2,1H3. The maximum absolute atomic E-state index is 12.5. The van der Waals surface area contributed by atoms with Crippen molar-refractivity contribution in [2.75, 3.05) is 18.5 Å². The van der Waals surface area contributed by atoms with E-state index in [0.717, 1.165) is 42.5 Å². The molecular formula is C15H18N2O2. The third kappa shape index (κ3) is 2.24. The molecule has 100 valence electrons. The second kappa shape index (κ2) is 5.05. The molecule has 1 amide bonds. The van der Waals surface area contributed by atoms with Gasteiger partial charge in [0.05, 0.1) is 11.7 Å². The number of hydrogen-bond donors (Lipinski definition) is 1. The van der Waals surface area contributed by atoms with Crippen LogP contribution in [0.2, 0.25) is 0 Å². The highest BCUT2D eigenvalue weighted by molar-refractivity contribution is 6.04. The van der Waals surface area contributed by atoms with Crippen LogP contribution in [-0.4, -0.2) is 25.5 Å². The lowest BCUT2D eigenvalue weighted by atomic mass is 10.0. The maximum atomic E-state index is 12.5. The second-order valence-corrected chi connectivity index (χ2v) is 5.02. The van der Waals surface area contributed by atoms with E-state index in [-0.39, 0.29) is 11.9 Å². The molecule has 0 saturated carbocycles. The molecular weight excluding hydrogens is 240 g/mol. The van der Waals surface area contributed by atoms with Gasteiger partial charge in [-0.25, -0.2) is 0 Å². The number of carbonyl (C=O) groups is 1. The van der Waals surface area contributed by atoms with Crippen molar-refractivity contribution in [2.24, 2.45) is 0 Å². The number of likely N-dealkylation sites (N-methyl/N-ethyl adjacent to an activating group) is 1. The number of amides is 1. The van der Waals surface area contributed by atoms with Gasteiger partial charge in [-0.2, -0.15) is 0 Å². The van der Waals surface area contributed by atoms with Crippen molar-refractivity contribution in [3.05, 3.63) is 30.5 Å². The number of para-hydroxylation sites is 1. The molecule has 1 unspecified atom stereocenters. The first-order valence-electron chi connectivity index (χ1n) is 6.74. The summed E-state index contributed by atoms with van der Waals surface area (Å²) in [4.78, 5) is 14.2. The van der Waals surface area contributed by atoms with E-state index < -0.39 is 0 Å². The minimum Gasteiger partial charge on any atom is -0.462 e. The van der Waals surface area contributed by atoms with Gasteiger partial charge in [0.15, 0.2) is 0 Å². The van der Waals surface area contributed by atoms with Crippen LogP contribution in [0, 0.1) is 0 Å². The molecule has 1 aromatic heterocycles. The van der Waals surface area contributed by atoms with Gasteiger partial charge in [-0.1, -0.05) is 18.6 Å². The lowest BCUT2D eigenvalue weighted by Gasteiger charge is -2.26. The van der Waals surface area contributed by atoms with Crippen LogP contribution in [0.4, 0.5) is 5.69 Å². The normalized spacial score (nSPS) is 19.5. The minimum atomic E-state index is -0.0626. The molecule has 1 aliphatic rings. The molecule has 2 heterocycles. The topological polar surface area (TPSA) is 45.5 Å². The van der Waals surface area contributed by atoms with Gasteiger partial charge >= 0.3 is 0 Å². The van der Waals surface area contributed by atoms with E-state index >= 15 is 0 Å². The number of nitrogens with zero attached hydrogens (tertiary/aromatic N) is 1. The van der Waals surface area contributed by atoms with Crippen LogP contribution in [0.25, 0.3) is 11.0 Å². The van der Waals surface area contributed by atoms with E-state index in [2.05, 4.69) is 5.32 Å². The lowest BCUT2D eigenvalue weighted by molar-refractivity contribution is -0.120. The number of piperidine rings is 1. The predicted octanol–water partition coefficient (Wildman–Crippen LogP) is 2.54. The Hall–Kier alpha value is -1.81. The predicted molar refractivity (Wildman–Crippen MR) is 75.3 cm³/mol. The van der Waals surface area contributed by atoms with Crippen LogP contribution in [0.1, 0.15) is 19.3 Å². The fourth-order valence-electron chi connectivity index (χ4n) is 2.64. The van der Waals surface area contributed by atoms with Crippen molar-refractivity contribution in [3.63, 3.8) is 0 Å². The third-order valence-electron chi connectivity index (χ3n) is 3.76. The van der Waals surface area contributed by atoms with Gasteiger partial charge in [-0.05, 0) is 31.5 Å². The largest absolute Gasteiger partial charge is 0.462 e. The average Bonchev–Trinajstić information content (AvgIpc) is 2.90. The zero-order chi connectivity index (χ0) is 13.2. The molecule has 0 spiro atoms. The molecule has 19 heavy (non-hydrogen) atoms. The molecule has 1 saturated heterocycles. The van der Waals surface area contributed by atoms with Gasteiger partial charge in [-0.3, -0.25) is 4.79 Å². The van der Waals surface area contributed by atoms with E-state index in [0.29, 0.717) is 0 Å². The van der Waals surface area contributed by atoms with Crippen LogP contribution in [0.5, 0.6) is 0 Å². The highest BCUT2D eigenvalue weighted by Gasteiger charge is 2.25. The summed E-state index contributed by atoms with van der Waals surface area (Å²) in [6.45, 7) is 0.927. The van der Waals surface area contributed by atoms with E-state index in [4.69, 9.17) is 4.42 Å². The zero-order valence-electron chi connectivity index (χ0n) is 11.1. The fourth-order valence-corrected chi connectivity index (χ4v) is 2.64. The Balaban J connectivity index is 1.86. The van der Waals surface area contributed by atoms with Gasteiger partial charge in [0.25, 0.3) is 0 Å². The van der Waals surface area contributed by atoms with Crippen molar-refractivity contribution >= 4 is 22.6 Å². The van der Waals surface area contributed by atoms with E-state index in [1.807, 2.05) is 31.3 Å². The Labute approximate surface area is 112 Å². The van der Waals surface area contributed by atoms with Gasteiger partial charge in [0.1, 0.15) is 11.8 Å². The Bertz CT molecular complexity index is 585. The first-order valence-corrected chi connectivity index (χ1v) is 6.74. The minimum absolute atomic E-state index is 0.0626. The van der Waals surface area contributed by atoms with Crippen molar-refractivity contribution < 1.29 is 9.21 Å². The summed E-state index contributed by atoms with van der Waals surface area (Å²) in [5.41, 5.74) is 1.65. The van der Waals surface area contributed by atoms with Crippen LogP contribution < -0.4 is 10.2 Å². The number of carbonyl (C=O) groups excluding carboxylic acids is 1. The first kappa shape index (κ1) is 12.2. The number of nitrogens with one attached hydrogen (secondary N) is 1. The summed E-state index contributed by atoms with van der Waals surface area (Å²) in [6, 6.07) is 7.72. The zero-order valence-corrected chi connectivity index (χ0v) is 11.1. The van der Waals surface area contributed by atoms with Gasteiger partial charge < -0.3 is 14.6 Å². The molecule has 1 N–H and O–H groups in total. The smallest absolute Gasteiger partial charge is 0.243 e. The molecule has 4 heteroatoms. The number of rotatable bonds is 2. The van der Waals surface area contributed by atoms with Crippen molar-refractivity contribution in [3.8, 4) is 0 Å². The van der Waals surface area contributed by atoms with Crippen molar-refractivity contribution in [1.29, 1.82) is 0 Å². The fraction of sp³-hybridized carbons (Fsp3) is 0.400. The Morgan fingerprint density at radius 3 is 3.00 bits per heavy atom. The Kier molecular flexibility index (Phi) is 3.25. The number of furan rings is 1. The van der Waals surface area contributed by atoms with Gasteiger partial charge in [0.2, 0.25) is 5.91 Å². The molecule has 1 atom stereocenters. The SMILES string of the molecule is CN(C(=O)C1CCCCN1)c1coc2ccccc12. The number of fused-ring (bicyclic) bond motifs is 1. The van der Waals surface area contributed by atoms with E-state index in [1.165, 1.54) is 0 Å². The molecule has 2 aromatic rings. The Morgan fingerprint density at radius 2 is 2.21 bits per heavy atom. The van der Waals surface area contributed by atoms with E-state index in [1.54, 1.807) is 11.2 Å². The highest BCUT2D eigenvalue weighted by atomic mass is 16.3. The number of benzene rings is 1. The molecule has 4 nitrogen and oxygen atoms in total. The summed E-state index contributed by atoms with van der Waals surface area (Å²) in [5.74, 6) is 0.117. The molecule has 1 aromatic carbocycles. The second-order valence-electron chi connectivity index (χ2n) is 5.02. The van der Waals surface area contributed by atoms with Crippen LogP contribution in [0.15, 0.2) is 34.9 Å². The summed E-state index contributed by atoms with van der Waals surface area (Å²) in [6.07, 6.45) is 4.84.